The van der Waals surface area contributed by atoms with E-state index in [4.69, 9.17) is 5.73 Å². The van der Waals surface area contributed by atoms with E-state index in [-0.39, 0.29) is 5.25 Å². The van der Waals surface area contributed by atoms with Gasteiger partial charge in [-0.1, -0.05) is 0 Å². The molecule has 0 spiro atoms. The fraction of sp³-hybridized carbons (Fsp3) is 0.455. The average Bonchev–Trinajstić information content (AvgIpc) is 3.38. The number of H-pyrrole nitrogens is 1. The Kier molecular flexibility index (Phi) is 5.35. The van der Waals surface area contributed by atoms with Crippen LogP contribution >= 0.6 is 11.3 Å². The van der Waals surface area contributed by atoms with E-state index >= 15 is 0 Å². The second-order valence-corrected chi connectivity index (χ2v) is 12.0. The molecule has 2 fully saturated rings. The Morgan fingerprint density at radius 1 is 1.13 bits per heavy atom. The number of hydrogen-bond donors (Lipinski definition) is 3. The van der Waals surface area contributed by atoms with Gasteiger partial charge in [0, 0.05) is 40.1 Å². The fourth-order valence-electron chi connectivity index (χ4n) is 4.20. The van der Waals surface area contributed by atoms with Crippen molar-refractivity contribution in [1.82, 2.24) is 15.2 Å². The molecule has 164 valence electrons. The molecular formula is C22H27N5O2S2. The zero-order valence-corrected chi connectivity index (χ0v) is 19.1. The average molecular weight is 458 g/mol. The molecule has 0 amide bonds. The molecule has 2 heterocycles. The van der Waals surface area contributed by atoms with E-state index < -0.39 is 9.84 Å². The Labute approximate surface area is 186 Å². The summed E-state index contributed by atoms with van der Waals surface area (Å²) in [6.07, 6.45) is 7.59. The third-order valence-corrected chi connectivity index (χ3v) is 9.65. The van der Waals surface area contributed by atoms with Crippen molar-refractivity contribution in [2.75, 3.05) is 5.32 Å². The summed E-state index contributed by atoms with van der Waals surface area (Å²) in [5.41, 5.74) is 8.38. The van der Waals surface area contributed by atoms with Gasteiger partial charge < -0.3 is 11.1 Å². The SMILES string of the molecule is Cc1cc(Nc2ccc(-c3ncc(C4CCC(N)CC4)s3)c(S(=O)(=O)C3CC3)c2)n[nH]1. The van der Waals surface area contributed by atoms with E-state index in [0.717, 1.165) is 49.2 Å². The fourth-order valence-corrected chi connectivity index (χ4v) is 7.27. The summed E-state index contributed by atoms with van der Waals surface area (Å²) in [6.45, 7) is 1.92. The minimum Gasteiger partial charge on any atom is -0.339 e. The maximum absolute atomic E-state index is 13.3. The van der Waals surface area contributed by atoms with E-state index in [2.05, 4.69) is 20.5 Å². The number of anilines is 2. The van der Waals surface area contributed by atoms with Gasteiger partial charge in [-0.25, -0.2) is 13.4 Å². The van der Waals surface area contributed by atoms with E-state index in [9.17, 15) is 8.42 Å². The predicted molar refractivity (Wildman–Crippen MR) is 124 cm³/mol. The summed E-state index contributed by atoms with van der Waals surface area (Å²) >= 11 is 1.62. The Balaban J connectivity index is 1.49. The van der Waals surface area contributed by atoms with Gasteiger partial charge in [-0.15, -0.1) is 11.3 Å². The van der Waals surface area contributed by atoms with Crippen LogP contribution in [-0.2, 0) is 9.84 Å². The summed E-state index contributed by atoms with van der Waals surface area (Å²) in [5, 5.41) is 10.8. The molecule has 0 unspecified atom stereocenters. The summed E-state index contributed by atoms with van der Waals surface area (Å²) in [5.74, 6) is 1.13. The maximum Gasteiger partial charge on any atom is 0.182 e. The molecule has 0 bridgehead atoms. The minimum absolute atomic E-state index is 0.284. The van der Waals surface area contributed by atoms with Crippen LogP contribution in [-0.4, -0.2) is 34.9 Å². The Morgan fingerprint density at radius 2 is 1.90 bits per heavy atom. The number of sulfone groups is 1. The highest BCUT2D eigenvalue weighted by atomic mass is 32.2. The van der Waals surface area contributed by atoms with Crippen molar-refractivity contribution in [2.24, 2.45) is 5.73 Å². The number of nitrogens with zero attached hydrogens (tertiary/aromatic N) is 2. The third-order valence-electron chi connectivity index (χ3n) is 6.16. The van der Waals surface area contributed by atoms with Crippen molar-refractivity contribution in [3.05, 3.63) is 41.0 Å². The minimum atomic E-state index is -3.40. The molecule has 0 radical (unpaired) electrons. The molecule has 1 aromatic carbocycles. The normalized spacial score (nSPS) is 21.9. The molecule has 2 saturated carbocycles. The topological polar surface area (TPSA) is 114 Å². The predicted octanol–water partition coefficient (Wildman–Crippen LogP) is 4.51. The Bertz CT molecular complexity index is 1190. The summed E-state index contributed by atoms with van der Waals surface area (Å²) in [4.78, 5) is 6.22. The number of aryl methyl sites for hydroxylation is 1. The molecule has 2 aliphatic rings. The number of aromatic nitrogens is 3. The number of aromatic amines is 1. The first-order valence-corrected chi connectivity index (χ1v) is 13.1. The molecule has 9 heteroatoms. The van der Waals surface area contributed by atoms with Crippen molar-refractivity contribution in [2.45, 2.75) is 67.6 Å². The molecule has 5 rings (SSSR count). The van der Waals surface area contributed by atoms with E-state index in [0.29, 0.717) is 33.9 Å². The van der Waals surface area contributed by atoms with Gasteiger partial charge in [-0.3, -0.25) is 5.10 Å². The van der Waals surface area contributed by atoms with Crippen LogP contribution in [0.3, 0.4) is 0 Å². The molecule has 7 nitrogen and oxygen atoms in total. The molecule has 0 aliphatic heterocycles. The first kappa shape index (κ1) is 20.7. The van der Waals surface area contributed by atoms with Gasteiger partial charge in [0.15, 0.2) is 15.7 Å². The molecule has 0 atom stereocenters. The van der Waals surface area contributed by atoms with Gasteiger partial charge in [0.1, 0.15) is 5.01 Å². The zero-order valence-electron chi connectivity index (χ0n) is 17.5. The van der Waals surface area contributed by atoms with Gasteiger partial charge in [0.05, 0.1) is 10.1 Å². The Morgan fingerprint density at radius 3 is 2.58 bits per heavy atom. The van der Waals surface area contributed by atoms with Crippen molar-refractivity contribution in [3.63, 3.8) is 0 Å². The van der Waals surface area contributed by atoms with Gasteiger partial charge in [0.2, 0.25) is 0 Å². The second-order valence-electron chi connectivity index (χ2n) is 8.70. The maximum atomic E-state index is 13.3. The van der Waals surface area contributed by atoms with Crippen LogP contribution in [0.5, 0.6) is 0 Å². The number of hydrogen-bond acceptors (Lipinski definition) is 7. The molecular weight excluding hydrogens is 430 g/mol. The van der Waals surface area contributed by atoms with Crippen LogP contribution in [0.4, 0.5) is 11.5 Å². The number of benzene rings is 1. The largest absolute Gasteiger partial charge is 0.339 e. The standard InChI is InChI=1S/C22H27N5O2S2/c1-13-10-21(27-26-13)25-16-6-9-18(20(11-16)31(28,29)17-7-8-17)22-24-12-19(30-22)14-2-4-15(23)5-3-14/h6,9-12,14-15,17H,2-5,7-8,23H2,1H3,(H2,25,26,27). The highest BCUT2D eigenvalue weighted by Gasteiger charge is 2.39. The number of thiazole rings is 1. The molecule has 31 heavy (non-hydrogen) atoms. The van der Waals surface area contributed by atoms with Gasteiger partial charge >= 0.3 is 0 Å². The van der Waals surface area contributed by atoms with Crippen LogP contribution in [0.15, 0.2) is 35.4 Å². The lowest BCUT2D eigenvalue weighted by molar-refractivity contribution is 0.399. The quantitative estimate of drug-likeness (QED) is 0.502. The van der Waals surface area contributed by atoms with Gasteiger partial charge in [-0.2, -0.15) is 5.10 Å². The third kappa shape index (κ3) is 4.26. The summed E-state index contributed by atoms with van der Waals surface area (Å²) < 4.78 is 26.5. The smallest absolute Gasteiger partial charge is 0.182 e. The van der Waals surface area contributed by atoms with Crippen LogP contribution < -0.4 is 11.1 Å². The molecule has 2 aromatic heterocycles. The molecule has 0 saturated heterocycles. The lowest BCUT2D eigenvalue weighted by atomic mass is 9.86. The Hall–Kier alpha value is -2.23. The van der Waals surface area contributed by atoms with Crippen LogP contribution in [0.1, 0.15) is 55.0 Å². The first-order valence-electron chi connectivity index (χ1n) is 10.8. The van der Waals surface area contributed by atoms with Crippen LogP contribution in [0, 0.1) is 6.92 Å². The lowest BCUT2D eigenvalue weighted by Crippen LogP contribution is -2.25. The number of nitrogens with two attached hydrogens (primary N) is 1. The molecule has 2 aliphatic carbocycles. The van der Waals surface area contributed by atoms with Crippen LogP contribution in [0.25, 0.3) is 10.6 Å². The monoisotopic (exact) mass is 457 g/mol. The second kappa shape index (κ2) is 8.03. The summed E-state index contributed by atoms with van der Waals surface area (Å²) in [7, 11) is -3.40. The van der Waals surface area contributed by atoms with Crippen LogP contribution in [0.2, 0.25) is 0 Å². The van der Waals surface area contributed by atoms with Crippen molar-refractivity contribution >= 4 is 32.7 Å². The van der Waals surface area contributed by atoms with Gasteiger partial charge in [-0.05, 0) is 69.6 Å². The van der Waals surface area contributed by atoms with E-state index in [1.807, 2.05) is 31.3 Å². The van der Waals surface area contributed by atoms with Gasteiger partial charge in [0.25, 0.3) is 0 Å². The number of nitrogens with one attached hydrogen (secondary N) is 2. The highest BCUT2D eigenvalue weighted by Crippen LogP contribution is 2.42. The highest BCUT2D eigenvalue weighted by molar-refractivity contribution is 7.92. The van der Waals surface area contributed by atoms with Crippen molar-refractivity contribution < 1.29 is 8.42 Å². The van der Waals surface area contributed by atoms with E-state index in [1.165, 1.54) is 4.88 Å². The molecule has 4 N–H and O–H groups in total. The van der Waals surface area contributed by atoms with E-state index in [1.54, 1.807) is 17.4 Å². The zero-order chi connectivity index (χ0) is 21.6. The number of rotatable bonds is 6. The molecule has 3 aromatic rings. The lowest BCUT2D eigenvalue weighted by Gasteiger charge is -2.24. The van der Waals surface area contributed by atoms with Crippen molar-refractivity contribution in [3.8, 4) is 10.6 Å². The first-order chi connectivity index (χ1) is 14.9. The summed E-state index contributed by atoms with van der Waals surface area (Å²) in [6, 6.07) is 7.68. The van der Waals surface area contributed by atoms with Crippen molar-refractivity contribution in [1.29, 1.82) is 0 Å².